The summed E-state index contributed by atoms with van der Waals surface area (Å²) in [6, 6.07) is 17.1. The SMILES string of the molecule is CCC(C)c1ccc(NC(=O)Cn2c(=O)c3c(ncn3CC)n(Cc3ccccc3)c2=O)cc1. The number of hydrogen-bond donors (Lipinski definition) is 1. The van der Waals surface area contributed by atoms with Crippen molar-refractivity contribution < 1.29 is 4.79 Å². The van der Waals surface area contributed by atoms with Crippen LogP contribution in [0.1, 0.15) is 44.2 Å². The Morgan fingerprint density at radius 3 is 2.35 bits per heavy atom. The second kappa shape index (κ2) is 9.91. The highest BCUT2D eigenvalue weighted by atomic mass is 16.2. The van der Waals surface area contributed by atoms with Crippen LogP contribution in [0.3, 0.4) is 0 Å². The lowest BCUT2D eigenvalue weighted by Gasteiger charge is -2.13. The van der Waals surface area contributed by atoms with Gasteiger partial charge in [0.1, 0.15) is 6.54 Å². The summed E-state index contributed by atoms with van der Waals surface area (Å²) in [5, 5.41) is 2.80. The number of amides is 1. The van der Waals surface area contributed by atoms with E-state index in [4.69, 9.17) is 0 Å². The Hall–Kier alpha value is -3.94. The number of nitrogens with zero attached hydrogens (tertiary/aromatic N) is 4. The molecule has 0 bridgehead atoms. The highest BCUT2D eigenvalue weighted by molar-refractivity contribution is 5.90. The van der Waals surface area contributed by atoms with Crippen molar-refractivity contribution >= 4 is 22.8 Å². The first-order valence-electron chi connectivity index (χ1n) is 11.5. The lowest BCUT2D eigenvalue weighted by atomic mass is 9.99. The predicted octanol–water partition coefficient (Wildman–Crippen LogP) is 3.58. The average Bonchev–Trinajstić information content (AvgIpc) is 3.29. The maximum atomic E-state index is 13.3. The van der Waals surface area contributed by atoms with Gasteiger partial charge in [0.25, 0.3) is 5.56 Å². The molecule has 0 aliphatic carbocycles. The number of hydrogen-bond acceptors (Lipinski definition) is 4. The van der Waals surface area contributed by atoms with Crippen molar-refractivity contribution in [2.75, 3.05) is 5.32 Å². The largest absolute Gasteiger partial charge is 0.333 e. The summed E-state index contributed by atoms with van der Waals surface area (Å²) < 4.78 is 4.13. The van der Waals surface area contributed by atoms with Crippen LogP contribution in [0, 0.1) is 0 Å². The second-order valence-corrected chi connectivity index (χ2v) is 8.43. The Morgan fingerprint density at radius 2 is 1.71 bits per heavy atom. The number of anilines is 1. The summed E-state index contributed by atoms with van der Waals surface area (Å²) in [5.41, 5.74) is 2.25. The predicted molar refractivity (Wildman–Crippen MR) is 133 cm³/mol. The molecule has 176 valence electrons. The van der Waals surface area contributed by atoms with Crippen LogP contribution >= 0.6 is 0 Å². The minimum absolute atomic E-state index is 0.246. The van der Waals surface area contributed by atoms with Crippen LogP contribution < -0.4 is 16.6 Å². The van der Waals surface area contributed by atoms with Crippen LogP contribution in [0.15, 0.2) is 70.5 Å². The van der Waals surface area contributed by atoms with Gasteiger partial charge in [-0.15, -0.1) is 0 Å². The van der Waals surface area contributed by atoms with Crippen LogP contribution in [-0.2, 0) is 24.4 Å². The first-order chi connectivity index (χ1) is 16.4. The molecular weight excluding hydrogens is 430 g/mol. The Morgan fingerprint density at radius 1 is 1.00 bits per heavy atom. The first kappa shape index (κ1) is 23.2. The molecule has 0 saturated carbocycles. The van der Waals surface area contributed by atoms with E-state index in [0.717, 1.165) is 16.6 Å². The average molecular weight is 460 g/mol. The van der Waals surface area contributed by atoms with Gasteiger partial charge in [-0.3, -0.25) is 14.2 Å². The number of carbonyl (C=O) groups excluding carboxylic acids is 1. The quantitative estimate of drug-likeness (QED) is 0.436. The van der Waals surface area contributed by atoms with Gasteiger partial charge in [0.2, 0.25) is 5.91 Å². The molecule has 1 N–H and O–H groups in total. The molecule has 0 saturated heterocycles. The van der Waals surface area contributed by atoms with Crippen molar-refractivity contribution in [3.8, 4) is 0 Å². The zero-order valence-corrected chi connectivity index (χ0v) is 19.7. The molecule has 8 nitrogen and oxygen atoms in total. The molecule has 1 atom stereocenters. The Labute approximate surface area is 197 Å². The van der Waals surface area contributed by atoms with Gasteiger partial charge in [0, 0.05) is 12.2 Å². The zero-order chi connectivity index (χ0) is 24.2. The van der Waals surface area contributed by atoms with Crippen LogP contribution in [0.5, 0.6) is 0 Å². The minimum atomic E-state index is -0.565. The van der Waals surface area contributed by atoms with E-state index in [-0.39, 0.29) is 13.1 Å². The molecule has 2 aromatic heterocycles. The molecule has 1 amide bonds. The van der Waals surface area contributed by atoms with E-state index in [9.17, 15) is 14.4 Å². The molecule has 4 aromatic rings. The van der Waals surface area contributed by atoms with Crippen LogP contribution in [-0.4, -0.2) is 24.6 Å². The molecule has 1 unspecified atom stereocenters. The molecular formula is C26H29N5O3. The van der Waals surface area contributed by atoms with E-state index in [1.165, 1.54) is 10.1 Å². The summed E-state index contributed by atoms with van der Waals surface area (Å²) in [6.45, 7) is 6.55. The molecule has 0 aliphatic rings. The number of imidazole rings is 1. The molecule has 8 heteroatoms. The third-order valence-electron chi connectivity index (χ3n) is 6.19. The molecule has 0 aliphatic heterocycles. The molecule has 2 heterocycles. The van der Waals surface area contributed by atoms with Crippen molar-refractivity contribution in [2.45, 2.75) is 52.7 Å². The Bertz CT molecular complexity index is 1420. The van der Waals surface area contributed by atoms with Gasteiger partial charge < -0.3 is 9.88 Å². The fourth-order valence-corrected chi connectivity index (χ4v) is 4.00. The lowest BCUT2D eigenvalue weighted by molar-refractivity contribution is -0.116. The Kier molecular flexibility index (Phi) is 6.77. The topological polar surface area (TPSA) is 90.9 Å². The minimum Gasteiger partial charge on any atom is -0.325 e. The first-order valence-corrected chi connectivity index (χ1v) is 11.5. The van der Waals surface area contributed by atoms with Crippen LogP contribution in [0.25, 0.3) is 11.2 Å². The van der Waals surface area contributed by atoms with Crippen LogP contribution in [0.4, 0.5) is 5.69 Å². The lowest BCUT2D eigenvalue weighted by Crippen LogP contribution is -2.43. The zero-order valence-electron chi connectivity index (χ0n) is 19.7. The highest BCUT2D eigenvalue weighted by Gasteiger charge is 2.19. The van der Waals surface area contributed by atoms with Crippen molar-refractivity contribution in [3.05, 3.63) is 92.9 Å². The van der Waals surface area contributed by atoms with Crippen molar-refractivity contribution in [2.24, 2.45) is 0 Å². The van der Waals surface area contributed by atoms with Gasteiger partial charge >= 0.3 is 5.69 Å². The van der Waals surface area contributed by atoms with E-state index < -0.39 is 17.2 Å². The molecule has 4 rings (SSSR count). The van der Waals surface area contributed by atoms with Crippen molar-refractivity contribution in [1.29, 1.82) is 0 Å². The Balaban J connectivity index is 1.68. The van der Waals surface area contributed by atoms with E-state index in [2.05, 4.69) is 24.1 Å². The van der Waals surface area contributed by atoms with Gasteiger partial charge in [-0.25, -0.2) is 14.3 Å². The van der Waals surface area contributed by atoms with Crippen molar-refractivity contribution in [3.63, 3.8) is 0 Å². The third-order valence-corrected chi connectivity index (χ3v) is 6.19. The number of fused-ring (bicyclic) bond motifs is 1. The summed E-state index contributed by atoms with van der Waals surface area (Å²) in [7, 11) is 0. The number of nitrogens with one attached hydrogen (secondary N) is 1. The molecule has 0 radical (unpaired) electrons. The molecule has 0 spiro atoms. The third kappa shape index (κ3) is 4.57. The summed E-state index contributed by atoms with van der Waals surface area (Å²) in [5.74, 6) is -0.00906. The van der Waals surface area contributed by atoms with Gasteiger partial charge in [0.15, 0.2) is 11.2 Å². The number of aromatic nitrogens is 4. The summed E-state index contributed by atoms with van der Waals surface area (Å²) >= 11 is 0. The van der Waals surface area contributed by atoms with Crippen LogP contribution in [0.2, 0.25) is 0 Å². The maximum Gasteiger partial charge on any atom is 0.333 e. The van der Waals surface area contributed by atoms with E-state index in [0.29, 0.717) is 29.3 Å². The van der Waals surface area contributed by atoms with Gasteiger partial charge in [0.05, 0.1) is 12.9 Å². The smallest absolute Gasteiger partial charge is 0.325 e. The fraction of sp³-hybridized carbons (Fsp3) is 0.308. The fourth-order valence-electron chi connectivity index (χ4n) is 4.00. The number of benzene rings is 2. The van der Waals surface area contributed by atoms with E-state index >= 15 is 0 Å². The van der Waals surface area contributed by atoms with Gasteiger partial charge in [-0.1, -0.05) is 56.3 Å². The number of carbonyl (C=O) groups is 1. The monoisotopic (exact) mass is 459 g/mol. The summed E-state index contributed by atoms with van der Waals surface area (Å²) in [6.07, 6.45) is 2.58. The maximum absolute atomic E-state index is 13.3. The number of aryl methyl sites for hydroxylation is 1. The van der Waals surface area contributed by atoms with Gasteiger partial charge in [-0.2, -0.15) is 0 Å². The molecule has 0 fully saturated rings. The normalized spacial score (nSPS) is 12.1. The standard InChI is InChI=1S/C26H29N5O3/c1-4-18(3)20-11-13-21(14-12-20)28-22(32)16-31-25(33)23-24(27-17-29(23)5-2)30(26(31)34)15-19-9-7-6-8-10-19/h6-14,17-18H,4-5,15-16H2,1-3H3,(H,28,32). The second-order valence-electron chi connectivity index (χ2n) is 8.43. The summed E-state index contributed by atoms with van der Waals surface area (Å²) in [4.78, 5) is 43.7. The van der Waals surface area contributed by atoms with Gasteiger partial charge in [-0.05, 0) is 42.5 Å². The van der Waals surface area contributed by atoms with E-state index in [1.54, 1.807) is 10.9 Å². The van der Waals surface area contributed by atoms with E-state index in [1.807, 2.05) is 61.5 Å². The van der Waals surface area contributed by atoms with Crippen molar-refractivity contribution in [1.82, 2.24) is 18.7 Å². The molecule has 34 heavy (non-hydrogen) atoms. The molecule has 2 aromatic carbocycles. The number of rotatable bonds is 8. The highest BCUT2D eigenvalue weighted by Crippen LogP contribution is 2.20.